The smallest absolute Gasteiger partial charge is 0.258 e. The molecule has 2 aromatic rings. The summed E-state index contributed by atoms with van der Waals surface area (Å²) in [6.07, 6.45) is 7.16. The van der Waals surface area contributed by atoms with Crippen molar-refractivity contribution in [3.63, 3.8) is 0 Å². The molecule has 0 atom stereocenters. The second-order valence-electron chi connectivity index (χ2n) is 10.5. The normalized spacial score (nSPS) is 18.0. The maximum absolute atomic E-state index is 13.5. The highest BCUT2D eigenvalue weighted by Gasteiger charge is 2.33. The van der Waals surface area contributed by atoms with Crippen LogP contribution in [0.15, 0.2) is 58.9 Å². The van der Waals surface area contributed by atoms with Crippen LogP contribution in [0, 0.1) is 16.7 Å². The third kappa shape index (κ3) is 7.88. The molecule has 10 heteroatoms. The van der Waals surface area contributed by atoms with Gasteiger partial charge in [-0.25, -0.2) is 0 Å². The van der Waals surface area contributed by atoms with Crippen molar-refractivity contribution in [2.24, 2.45) is 27.5 Å². The van der Waals surface area contributed by atoms with Crippen molar-refractivity contribution in [1.29, 1.82) is 5.41 Å². The monoisotopic (exact) mass is 556 g/mol. The van der Waals surface area contributed by atoms with Crippen LogP contribution in [-0.4, -0.2) is 28.7 Å². The molecular formula is C28H34Cl2N6O2. The molecule has 202 valence electrons. The Kier molecular flexibility index (Phi) is 10.1. The first-order chi connectivity index (χ1) is 18.0. The van der Waals surface area contributed by atoms with E-state index in [1.807, 2.05) is 4.90 Å². The fourth-order valence-electron chi connectivity index (χ4n) is 4.78. The highest BCUT2D eigenvalue weighted by atomic mass is 35.5. The van der Waals surface area contributed by atoms with Crippen molar-refractivity contribution in [1.82, 2.24) is 10.2 Å². The maximum Gasteiger partial charge on any atom is 0.258 e. The minimum absolute atomic E-state index is 0.0949. The molecule has 0 radical (unpaired) electrons. The van der Waals surface area contributed by atoms with Gasteiger partial charge in [-0.05, 0) is 72.9 Å². The molecule has 1 aliphatic rings. The molecule has 0 aromatic heterocycles. The second kappa shape index (κ2) is 13.0. The molecule has 2 amide bonds. The Hall–Kier alpha value is -3.23. The predicted molar refractivity (Wildman–Crippen MR) is 152 cm³/mol. The first-order valence-electron chi connectivity index (χ1n) is 12.5. The Morgan fingerprint density at radius 2 is 1.68 bits per heavy atom. The van der Waals surface area contributed by atoms with Gasteiger partial charge in [-0.15, -0.1) is 0 Å². The zero-order chi connectivity index (χ0) is 27.9. The molecule has 3 rings (SSSR count). The highest BCUT2D eigenvalue weighted by molar-refractivity contribution is 6.37. The number of nitrogens with zero attached hydrogens (tertiary/aromatic N) is 3. The first-order valence-corrected chi connectivity index (χ1v) is 13.3. The van der Waals surface area contributed by atoms with Gasteiger partial charge in [0.1, 0.15) is 0 Å². The molecular weight excluding hydrogens is 523 g/mol. The van der Waals surface area contributed by atoms with Crippen LogP contribution in [0.5, 0.6) is 0 Å². The molecule has 1 aliphatic carbocycles. The maximum atomic E-state index is 13.5. The molecule has 0 unspecified atom stereocenters. The lowest BCUT2D eigenvalue weighted by Crippen LogP contribution is -2.42. The van der Waals surface area contributed by atoms with Crippen LogP contribution in [0.2, 0.25) is 10.0 Å². The minimum atomic E-state index is -0.498. The Balaban J connectivity index is 1.79. The van der Waals surface area contributed by atoms with Crippen molar-refractivity contribution in [3.05, 3.63) is 75.3 Å². The van der Waals surface area contributed by atoms with Gasteiger partial charge >= 0.3 is 0 Å². The van der Waals surface area contributed by atoms with E-state index in [-0.39, 0.29) is 17.4 Å². The number of benzene rings is 2. The van der Waals surface area contributed by atoms with E-state index in [9.17, 15) is 9.59 Å². The van der Waals surface area contributed by atoms with Crippen LogP contribution in [0.4, 0.5) is 0 Å². The number of carbonyl (C=O) groups excluding carboxylic acids is 2. The largest absolute Gasteiger partial charge is 0.332 e. The van der Waals surface area contributed by atoms with Gasteiger partial charge in [0.25, 0.3) is 5.91 Å². The van der Waals surface area contributed by atoms with E-state index in [4.69, 9.17) is 34.5 Å². The predicted octanol–water partition coefficient (Wildman–Crippen LogP) is 6.63. The van der Waals surface area contributed by atoms with Crippen LogP contribution < -0.4 is 11.2 Å². The number of hydrogen-bond acceptors (Lipinski definition) is 4. The van der Waals surface area contributed by atoms with E-state index in [0.717, 1.165) is 31.2 Å². The lowest BCUT2D eigenvalue weighted by Gasteiger charge is -2.41. The van der Waals surface area contributed by atoms with E-state index >= 15 is 0 Å². The number of nitrogens with two attached hydrogens (primary N) is 1. The number of guanidine groups is 1. The van der Waals surface area contributed by atoms with Gasteiger partial charge in [-0.2, -0.15) is 0 Å². The van der Waals surface area contributed by atoms with Gasteiger partial charge in [-0.3, -0.25) is 20.3 Å². The fraction of sp³-hybridized carbons (Fsp3) is 0.393. The summed E-state index contributed by atoms with van der Waals surface area (Å²) in [6.45, 7) is 7.21. The Morgan fingerprint density at radius 1 is 1.08 bits per heavy atom. The third-order valence-electron chi connectivity index (χ3n) is 7.00. The van der Waals surface area contributed by atoms with Crippen LogP contribution in [0.25, 0.3) is 6.08 Å². The second-order valence-corrected chi connectivity index (χ2v) is 11.3. The summed E-state index contributed by atoms with van der Waals surface area (Å²) < 4.78 is 0. The van der Waals surface area contributed by atoms with Gasteiger partial charge in [0.2, 0.25) is 11.9 Å². The van der Waals surface area contributed by atoms with Crippen LogP contribution in [-0.2, 0) is 11.3 Å². The highest BCUT2D eigenvalue weighted by Crippen LogP contribution is 2.39. The molecule has 1 saturated carbocycles. The van der Waals surface area contributed by atoms with Gasteiger partial charge in [0, 0.05) is 39.8 Å². The molecule has 0 spiro atoms. The molecule has 0 bridgehead atoms. The first kappa shape index (κ1) is 29.3. The molecule has 2 aromatic carbocycles. The summed E-state index contributed by atoms with van der Waals surface area (Å²) in [4.78, 5) is 27.7. The van der Waals surface area contributed by atoms with Crippen LogP contribution in [0.3, 0.4) is 0 Å². The van der Waals surface area contributed by atoms with Gasteiger partial charge in [0.15, 0.2) is 0 Å². The lowest BCUT2D eigenvalue weighted by atomic mass is 9.71. The molecule has 0 aliphatic heterocycles. The van der Waals surface area contributed by atoms with Crippen molar-refractivity contribution < 1.29 is 9.59 Å². The summed E-state index contributed by atoms with van der Waals surface area (Å²) in [6, 6.07) is 12.2. The summed E-state index contributed by atoms with van der Waals surface area (Å²) in [5.41, 5.74) is 2.07. The Labute approximate surface area is 233 Å². The minimum Gasteiger partial charge on any atom is -0.332 e. The van der Waals surface area contributed by atoms with E-state index in [0.29, 0.717) is 33.6 Å². The van der Waals surface area contributed by atoms with E-state index < -0.39 is 11.9 Å². The molecule has 0 saturated heterocycles. The molecule has 38 heavy (non-hydrogen) atoms. The van der Waals surface area contributed by atoms with E-state index in [1.165, 1.54) is 6.08 Å². The van der Waals surface area contributed by atoms with Crippen molar-refractivity contribution in [3.8, 4) is 0 Å². The zero-order valence-electron chi connectivity index (χ0n) is 21.9. The fourth-order valence-corrected chi connectivity index (χ4v) is 5.30. The van der Waals surface area contributed by atoms with E-state index in [2.05, 4.69) is 36.4 Å². The number of carbonyl (C=O) groups is 2. The quantitative estimate of drug-likeness (QED) is 0.0922. The average molecular weight is 558 g/mol. The van der Waals surface area contributed by atoms with Gasteiger partial charge in [0.05, 0.1) is 0 Å². The summed E-state index contributed by atoms with van der Waals surface area (Å²) in [5.74, 6) is 4.45. The Morgan fingerprint density at radius 3 is 2.24 bits per heavy atom. The molecule has 8 nitrogen and oxygen atoms in total. The number of halogens is 2. The summed E-state index contributed by atoms with van der Waals surface area (Å²) in [7, 11) is 0. The van der Waals surface area contributed by atoms with Gasteiger partial charge in [-0.1, -0.05) is 72.5 Å². The van der Waals surface area contributed by atoms with Crippen molar-refractivity contribution in [2.75, 3.05) is 0 Å². The number of amides is 2. The summed E-state index contributed by atoms with van der Waals surface area (Å²) >= 11 is 12.6. The number of rotatable bonds is 6. The molecule has 4 N–H and O–H groups in total. The lowest BCUT2D eigenvalue weighted by molar-refractivity contribution is -0.130. The molecule has 0 heterocycles. The summed E-state index contributed by atoms with van der Waals surface area (Å²) in [5, 5.41) is 17.0. The SMILES string of the molecule is CC(C)(C)C1CCC(N(Cc2ccc(C(=O)NC(=N)/N=N\N)cc2)C(=O)/C=C/c2c(Cl)cccc2Cl)CC1. The number of nitrogens with one attached hydrogen (secondary N) is 2. The third-order valence-corrected chi connectivity index (χ3v) is 7.66. The standard InChI is InChI=1S/C28H34Cl2N6O2/c1-28(2,3)20-11-13-21(14-12-20)36(25(37)16-15-22-23(29)5-4-6-24(22)30)17-18-7-9-19(10-8-18)26(38)33-27(31)34-35-32/h4-10,15-16,20-21H,11-14,17H2,1-3H3,(H4,31,32,33,34,38)/b16-15+. The zero-order valence-corrected chi connectivity index (χ0v) is 23.4. The van der Waals surface area contributed by atoms with Gasteiger partial charge < -0.3 is 10.7 Å². The topological polar surface area (TPSA) is 124 Å². The average Bonchev–Trinajstić information content (AvgIpc) is 2.87. The van der Waals surface area contributed by atoms with Crippen LogP contribution in [0.1, 0.15) is 67.9 Å². The number of hydrogen-bond donors (Lipinski definition) is 3. The van der Waals surface area contributed by atoms with Crippen LogP contribution >= 0.6 is 23.2 Å². The van der Waals surface area contributed by atoms with E-state index in [1.54, 1.807) is 48.5 Å². The Bertz CT molecular complexity index is 1190. The molecule has 1 fully saturated rings. The van der Waals surface area contributed by atoms with Crippen molar-refractivity contribution >= 4 is 47.1 Å². The van der Waals surface area contributed by atoms with Crippen molar-refractivity contribution in [2.45, 2.75) is 59.0 Å².